The number of hydrogen-bond acceptors (Lipinski definition) is 1. The average Bonchev–Trinajstić information content (AvgIpc) is 3.70. The van der Waals surface area contributed by atoms with Crippen molar-refractivity contribution in [3.05, 3.63) is 140 Å². The van der Waals surface area contributed by atoms with Crippen molar-refractivity contribution in [2.24, 2.45) is 0 Å². The third-order valence-corrected chi connectivity index (χ3v) is 12.8. The van der Waals surface area contributed by atoms with Gasteiger partial charge in [0.2, 0.25) is 0 Å². The lowest BCUT2D eigenvalue weighted by atomic mass is 9.99. The van der Waals surface area contributed by atoms with Gasteiger partial charge in [0.1, 0.15) is 11.2 Å². The highest BCUT2D eigenvalue weighted by atomic mass is 32.3. The van der Waals surface area contributed by atoms with Crippen LogP contribution in [0.3, 0.4) is 0 Å². The van der Waals surface area contributed by atoms with E-state index in [1.54, 1.807) is 0 Å². The summed E-state index contributed by atoms with van der Waals surface area (Å²) in [5, 5.41) is 7.17. The molecular weight excluding hydrogens is 567 g/mol. The molecule has 0 unspecified atom stereocenters. The number of furan rings is 1. The van der Waals surface area contributed by atoms with Crippen LogP contribution < -0.4 is 0 Å². The topological polar surface area (TPSA) is 18.1 Å². The molecule has 214 valence electrons. The molecule has 0 saturated heterocycles. The molecule has 10 rings (SSSR count). The first-order chi connectivity index (χ1) is 22.1. The minimum absolute atomic E-state index is 0.931. The van der Waals surface area contributed by atoms with E-state index in [1.165, 1.54) is 59.2 Å². The van der Waals surface area contributed by atoms with E-state index in [9.17, 15) is 0 Å². The summed E-state index contributed by atoms with van der Waals surface area (Å²) in [7, 11) is -1.05. The van der Waals surface area contributed by atoms with Crippen molar-refractivity contribution >= 4 is 64.5 Å². The van der Waals surface area contributed by atoms with Gasteiger partial charge in [-0.2, -0.15) is 10.0 Å². The maximum Gasteiger partial charge on any atom is 0.143 e. The molecule has 7 aromatic carbocycles. The van der Waals surface area contributed by atoms with Crippen molar-refractivity contribution in [1.82, 2.24) is 4.57 Å². The first-order valence-electron chi connectivity index (χ1n) is 15.4. The van der Waals surface area contributed by atoms with Gasteiger partial charge in [-0.05, 0) is 101 Å². The molecule has 0 spiro atoms. The highest BCUT2D eigenvalue weighted by Gasteiger charge is 2.31. The number of rotatable bonds is 2. The highest BCUT2D eigenvalue weighted by Crippen LogP contribution is 2.67. The van der Waals surface area contributed by atoms with Crippen LogP contribution in [-0.2, 0) is 0 Å². The van der Waals surface area contributed by atoms with E-state index in [0.717, 1.165) is 33.0 Å². The second-order valence-corrected chi connectivity index (χ2v) is 16.1. The first kappa shape index (κ1) is 25.1. The van der Waals surface area contributed by atoms with Crippen LogP contribution in [0, 0.1) is 0 Å². The Bertz CT molecular complexity index is 2690. The molecule has 0 bridgehead atoms. The van der Waals surface area contributed by atoms with Crippen LogP contribution in [-0.4, -0.2) is 17.1 Å². The normalized spacial score (nSPS) is 14.4. The van der Waals surface area contributed by atoms with Crippen molar-refractivity contribution in [1.29, 1.82) is 0 Å². The second kappa shape index (κ2) is 8.90. The van der Waals surface area contributed by atoms with Gasteiger partial charge in [0.15, 0.2) is 0 Å². The van der Waals surface area contributed by atoms with Crippen LogP contribution in [0.5, 0.6) is 0 Å². The number of hydrogen-bond donors (Lipinski definition) is 0. The van der Waals surface area contributed by atoms with Gasteiger partial charge in [-0.1, -0.05) is 78.9 Å². The molecule has 0 saturated carbocycles. The van der Waals surface area contributed by atoms with Crippen LogP contribution in [0.4, 0.5) is 0 Å². The summed E-state index contributed by atoms with van der Waals surface area (Å²) in [6.07, 6.45) is 4.86. The summed E-state index contributed by atoms with van der Waals surface area (Å²) in [4.78, 5) is 2.98. The Balaban J connectivity index is 1.14. The van der Waals surface area contributed by atoms with E-state index in [2.05, 4.69) is 144 Å². The second-order valence-electron chi connectivity index (χ2n) is 12.6. The van der Waals surface area contributed by atoms with Crippen LogP contribution in [0.1, 0.15) is 0 Å². The molecule has 0 N–H and O–H groups in total. The van der Waals surface area contributed by atoms with Crippen LogP contribution >= 0.6 is 10.0 Å². The van der Waals surface area contributed by atoms with E-state index in [4.69, 9.17) is 4.42 Å². The van der Waals surface area contributed by atoms with Gasteiger partial charge in [0.05, 0.1) is 11.0 Å². The van der Waals surface area contributed by atoms with Crippen LogP contribution in [0.25, 0.3) is 82.5 Å². The highest BCUT2D eigenvalue weighted by molar-refractivity contribution is 8.33. The predicted molar refractivity (Wildman–Crippen MR) is 192 cm³/mol. The Morgan fingerprint density at radius 2 is 1.20 bits per heavy atom. The van der Waals surface area contributed by atoms with E-state index < -0.39 is 10.0 Å². The van der Waals surface area contributed by atoms with Gasteiger partial charge >= 0.3 is 0 Å². The summed E-state index contributed by atoms with van der Waals surface area (Å²) < 4.78 is 8.75. The van der Waals surface area contributed by atoms with E-state index in [0.29, 0.717) is 0 Å². The summed E-state index contributed by atoms with van der Waals surface area (Å²) in [5.41, 5.74) is 10.8. The predicted octanol–water partition coefficient (Wildman–Crippen LogP) is 12.0. The molecule has 0 aliphatic carbocycles. The quantitative estimate of drug-likeness (QED) is 0.194. The Labute approximate surface area is 262 Å². The number of benzene rings is 7. The van der Waals surface area contributed by atoms with Crippen molar-refractivity contribution in [2.45, 2.75) is 9.79 Å². The third kappa shape index (κ3) is 3.42. The Kier molecular flexibility index (Phi) is 4.97. The first-order valence-corrected chi connectivity index (χ1v) is 17.9. The lowest BCUT2D eigenvalue weighted by molar-refractivity contribution is 0.672. The molecule has 1 aliphatic rings. The lowest BCUT2D eigenvalue weighted by Gasteiger charge is -2.28. The lowest BCUT2D eigenvalue weighted by Crippen LogP contribution is -1.94. The molecule has 9 aromatic rings. The van der Waals surface area contributed by atoms with Crippen molar-refractivity contribution < 1.29 is 4.42 Å². The van der Waals surface area contributed by atoms with Gasteiger partial charge in [0.25, 0.3) is 0 Å². The van der Waals surface area contributed by atoms with Crippen molar-refractivity contribution in [2.75, 3.05) is 12.5 Å². The fourth-order valence-corrected chi connectivity index (χ4v) is 10.2. The standard InChI is InChI=1S/C42H29NOS/c1-45(2)40-14-8-5-11-33(40)34-19-15-27(25-41(34)45)26-17-22-38-36(24-26)31-9-3-6-12-37(31)43(38)29-18-21-30-28(23-29)16-20-35-32-10-4-7-13-39(32)44-42(30)35/h3-25H,1-2H3. The molecule has 0 amide bonds. The monoisotopic (exact) mass is 595 g/mol. The summed E-state index contributed by atoms with van der Waals surface area (Å²) in [5.74, 6) is 0. The fourth-order valence-electron chi connectivity index (χ4n) is 7.67. The molecule has 0 atom stereocenters. The molecule has 0 radical (unpaired) electrons. The van der Waals surface area contributed by atoms with Crippen molar-refractivity contribution in [3.63, 3.8) is 0 Å². The van der Waals surface area contributed by atoms with Gasteiger partial charge in [0, 0.05) is 42.4 Å². The Morgan fingerprint density at radius 3 is 2.13 bits per heavy atom. The van der Waals surface area contributed by atoms with Gasteiger partial charge in [-0.25, -0.2) is 0 Å². The van der Waals surface area contributed by atoms with Crippen molar-refractivity contribution in [3.8, 4) is 27.9 Å². The Hall–Kier alpha value is -5.25. The SMILES string of the molecule is CS1(C)c2ccccc2-c2ccc(-c3ccc4c(c3)c3ccccc3n4-c3ccc4c(ccc5c6ccccc6oc45)c3)cc21. The zero-order chi connectivity index (χ0) is 29.9. The average molecular weight is 596 g/mol. The van der Waals surface area contributed by atoms with Gasteiger partial charge in [-0.15, -0.1) is 0 Å². The summed E-state index contributed by atoms with van der Waals surface area (Å²) >= 11 is 0. The molecular formula is C42H29NOS. The van der Waals surface area contributed by atoms with E-state index >= 15 is 0 Å². The smallest absolute Gasteiger partial charge is 0.143 e. The maximum absolute atomic E-state index is 6.35. The third-order valence-electron chi connectivity index (χ3n) is 9.87. The van der Waals surface area contributed by atoms with Crippen LogP contribution in [0.2, 0.25) is 0 Å². The molecule has 2 aromatic heterocycles. The van der Waals surface area contributed by atoms with E-state index in [-0.39, 0.29) is 0 Å². The zero-order valence-electron chi connectivity index (χ0n) is 25.0. The summed E-state index contributed by atoms with van der Waals surface area (Å²) in [6, 6.07) is 51.3. The molecule has 45 heavy (non-hydrogen) atoms. The number of fused-ring (bicyclic) bond motifs is 11. The maximum atomic E-state index is 6.35. The number of para-hydroxylation sites is 2. The molecule has 3 heteroatoms. The molecule has 1 aliphatic heterocycles. The van der Waals surface area contributed by atoms with Gasteiger partial charge < -0.3 is 8.98 Å². The number of aromatic nitrogens is 1. The summed E-state index contributed by atoms with van der Waals surface area (Å²) in [6.45, 7) is 0. The van der Waals surface area contributed by atoms with Gasteiger partial charge in [-0.3, -0.25) is 0 Å². The zero-order valence-corrected chi connectivity index (χ0v) is 25.9. The fraction of sp³-hybridized carbons (Fsp3) is 0.0476. The Morgan fingerprint density at radius 1 is 0.489 bits per heavy atom. The molecule has 3 heterocycles. The molecule has 2 nitrogen and oxygen atoms in total. The minimum Gasteiger partial charge on any atom is -0.455 e. The minimum atomic E-state index is -1.05. The number of nitrogens with zero attached hydrogens (tertiary/aromatic N) is 1. The van der Waals surface area contributed by atoms with E-state index in [1.807, 2.05) is 12.1 Å². The molecule has 0 fully saturated rings. The largest absolute Gasteiger partial charge is 0.455 e. The van der Waals surface area contributed by atoms with Crippen LogP contribution in [0.15, 0.2) is 154 Å².